The molecule has 0 atom stereocenters. The predicted octanol–water partition coefficient (Wildman–Crippen LogP) is 2.51. The van der Waals surface area contributed by atoms with Crippen LogP contribution in [0.25, 0.3) is 10.2 Å². The van der Waals surface area contributed by atoms with Gasteiger partial charge in [0.05, 0.1) is 5.39 Å². The van der Waals surface area contributed by atoms with Crippen LogP contribution in [0.4, 0.5) is 0 Å². The van der Waals surface area contributed by atoms with Crippen molar-refractivity contribution >= 4 is 33.4 Å². The Bertz CT molecular complexity index is 950. The van der Waals surface area contributed by atoms with E-state index in [1.165, 1.54) is 0 Å². The third-order valence-electron chi connectivity index (χ3n) is 4.82. The van der Waals surface area contributed by atoms with E-state index in [1.807, 2.05) is 27.7 Å². The van der Waals surface area contributed by atoms with Gasteiger partial charge < -0.3 is 9.64 Å². The molecule has 3 rings (SSSR count). The summed E-state index contributed by atoms with van der Waals surface area (Å²) in [4.78, 5) is 44.8. The molecule has 0 unspecified atom stereocenters. The molecule has 0 bridgehead atoms. The molecule has 0 N–H and O–H groups in total. The number of rotatable bonds is 5. The highest BCUT2D eigenvalue weighted by Gasteiger charge is 2.26. The van der Waals surface area contributed by atoms with Crippen molar-refractivity contribution in [3.8, 4) is 0 Å². The van der Waals surface area contributed by atoms with Gasteiger partial charge in [-0.15, -0.1) is 11.3 Å². The fourth-order valence-electron chi connectivity index (χ4n) is 3.71. The highest BCUT2D eigenvalue weighted by molar-refractivity contribution is 7.20. The lowest BCUT2D eigenvalue weighted by molar-refractivity contribution is -0.138. The second-order valence-corrected chi connectivity index (χ2v) is 8.39. The molecular formula is C19H25N3O4S. The second-order valence-electron chi connectivity index (χ2n) is 7.39. The van der Waals surface area contributed by atoms with Crippen molar-refractivity contribution in [3.05, 3.63) is 26.6 Å². The number of carbonyl (C=O) groups excluding carboxylic acids is 2. The van der Waals surface area contributed by atoms with Gasteiger partial charge in [0.2, 0.25) is 0 Å². The molecule has 7 nitrogen and oxygen atoms in total. The van der Waals surface area contributed by atoms with Crippen LogP contribution in [0.1, 0.15) is 55.2 Å². The average molecular weight is 391 g/mol. The Morgan fingerprint density at radius 3 is 2.56 bits per heavy atom. The molecule has 3 heterocycles. The summed E-state index contributed by atoms with van der Waals surface area (Å²) in [7, 11) is 0. The Hall–Kier alpha value is -2.22. The molecule has 0 aromatic carbocycles. The molecule has 0 spiro atoms. The van der Waals surface area contributed by atoms with E-state index in [2.05, 4.69) is 4.98 Å². The van der Waals surface area contributed by atoms with E-state index in [1.54, 1.807) is 16.4 Å². The lowest BCUT2D eigenvalue weighted by Gasteiger charge is -2.30. The number of aromatic nitrogens is 2. The molecular weight excluding hydrogens is 366 g/mol. The number of thiophene rings is 1. The minimum atomic E-state index is -0.583. The molecule has 0 saturated carbocycles. The number of esters is 1. The van der Waals surface area contributed by atoms with E-state index in [9.17, 15) is 14.4 Å². The van der Waals surface area contributed by atoms with E-state index >= 15 is 0 Å². The number of hydrogen-bond donors (Lipinski definition) is 0. The van der Waals surface area contributed by atoms with Crippen molar-refractivity contribution < 1.29 is 14.3 Å². The van der Waals surface area contributed by atoms with E-state index in [0.717, 1.165) is 30.0 Å². The molecule has 2 aromatic rings. The lowest BCUT2D eigenvalue weighted by Crippen LogP contribution is -2.44. The average Bonchev–Trinajstić information content (AvgIpc) is 3.17. The van der Waals surface area contributed by atoms with E-state index < -0.39 is 5.97 Å². The van der Waals surface area contributed by atoms with Crippen LogP contribution in [0.5, 0.6) is 0 Å². The van der Waals surface area contributed by atoms with Crippen molar-refractivity contribution in [2.75, 3.05) is 6.61 Å². The Balaban J connectivity index is 1.83. The summed E-state index contributed by atoms with van der Waals surface area (Å²) < 4.78 is 6.95. The van der Waals surface area contributed by atoms with E-state index in [4.69, 9.17) is 4.74 Å². The Morgan fingerprint density at radius 2 is 1.93 bits per heavy atom. The van der Waals surface area contributed by atoms with Gasteiger partial charge in [0.1, 0.15) is 15.5 Å². The largest absolute Gasteiger partial charge is 0.451 e. The van der Waals surface area contributed by atoms with Gasteiger partial charge in [-0.1, -0.05) is 0 Å². The molecule has 146 valence electrons. The molecule has 0 saturated heterocycles. The molecule has 0 radical (unpaired) electrons. The molecule has 27 heavy (non-hydrogen) atoms. The van der Waals surface area contributed by atoms with E-state index in [0.29, 0.717) is 27.2 Å². The Kier molecular flexibility index (Phi) is 5.37. The van der Waals surface area contributed by atoms with Gasteiger partial charge in [-0.2, -0.15) is 0 Å². The molecule has 1 amide bonds. The quantitative estimate of drug-likeness (QED) is 0.732. The lowest BCUT2D eigenvalue weighted by atomic mass is 10.2. The van der Waals surface area contributed by atoms with Gasteiger partial charge in [0.25, 0.3) is 11.5 Å². The van der Waals surface area contributed by atoms with Crippen LogP contribution in [0.3, 0.4) is 0 Å². The summed E-state index contributed by atoms with van der Waals surface area (Å²) in [6.07, 6.45) is 1.69. The van der Waals surface area contributed by atoms with Gasteiger partial charge in [-0.3, -0.25) is 14.2 Å². The van der Waals surface area contributed by atoms with Gasteiger partial charge >= 0.3 is 5.97 Å². The van der Waals surface area contributed by atoms with Gasteiger partial charge in [0.15, 0.2) is 6.61 Å². The fraction of sp³-hybridized carbons (Fsp3) is 0.579. The molecule has 8 heteroatoms. The minimum absolute atomic E-state index is 0.0221. The number of aryl methyl sites for hydroxylation is 2. The number of carbonyl (C=O) groups is 2. The number of nitrogens with zero attached hydrogens (tertiary/aromatic N) is 3. The second kappa shape index (κ2) is 7.42. The number of hydrogen-bond acceptors (Lipinski definition) is 6. The first-order valence-corrected chi connectivity index (χ1v) is 10.0. The monoisotopic (exact) mass is 391 g/mol. The van der Waals surface area contributed by atoms with Gasteiger partial charge in [-0.25, -0.2) is 9.78 Å². The summed E-state index contributed by atoms with van der Waals surface area (Å²) in [6, 6.07) is 0.0443. The van der Waals surface area contributed by atoms with Crippen molar-refractivity contribution in [2.45, 2.75) is 66.1 Å². The molecule has 1 aliphatic heterocycles. The van der Waals surface area contributed by atoms with Gasteiger partial charge in [0, 0.05) is 25.0 Å². The first-order valence-electron chi connectivity index (χ1n) is 9.23. The molecule has 1 aliphatic rings. The zero-order valence-corrected chi connectivity index (χ0v) is 17.2. The zero-order chi connectivity index (χ0) is 19.9. The third kappa shape index (κ3) is 3.50. The maximum atomic E-state index is 12.7. The third-order valence-corrected chi connectivity index (χ3v) is 5.99. The standard InChI is InChI=1S/C19H25N3O4S/c1-10(2)22(11(3)4)14(23)9-26-19(25)16-12(5)15-17(27-16)20-13-7-6-8-21(13)18(15)24/h10-11H,6-9H2,1-5H3. The van der Waals surface area contributed by atoms with Crippen molar-refractivity contribution in [2.24, 2.45) is 0 Å². The smallest absolute Gasteiger partial charge is 0.349 e. The summed E-state index contributed by atoms with van der Waals surface area (Å²) in [5.41, 5.74) is 0.485. The number of ether oxygens (including phenoxy) is 1. The van der Waals surface area contributed by atoms with Crippen molar-refractivity contribution in [1.82, 2.24) is 14.5 Å². The van der Waals surface area contributed by atoms with Crippen LogP contribution in [0, 0.1) is 6.92 Å². The fourth-order valence-corrected chi connectivity index (χ4v) is 4.79. The topological polar surface area (TPSA) is 81.5 Å². The van der Waals surface area contributed by atoms with E-state index in [-0.39, 0.29) is 30.2 Å². The maximum Gasteiger partial charge on any atom is 0.349 e. The summed E-state index contributed by atoms with van der Waals surface area (Å²) >= 11 is 1.16. The van der Waals surface area contributed by atoms with Crippen LogP contribution in [0.2, 0.25) is 0 Å². The van der Waals surface area contributed by atoms with Gasteiger partial charge in [-0.05, 0) is 46.6 Å². The molecule has 0 aliphatic carbocycles. The van der Waals surface area contributed by atoms with Crippen molar-refractivity contribution in [3.63, 3.8) is 0 Å². The van der Waals surface area contributed by atoms with Crippen LogP contribution in [-0.2, 0) is 22.5 Å². The minimum Gasteiger partial charge on any atom is -0.451 e. The Labute approximate surface area is 161 Å². The van der Waals surface area contributed by atoms with Crippen molar-refractivity contribution in [1.29, 1.82) is 0 Å². The number of fused-ring (bicyclic) bond motifs is 2. The molecule has 2 aromatic heterocycles. The SMILES string of the molecule is Cc1c(C(=O)OCC(=O)N(C(C)C)C(C)C)sc2nc3n(c(=O)c12)CCC3. The summed E-state index contributed by atoms with van der Waals surface area (Å²) in [6.45, 7) is 9.79. The highest BCUT2D eigenvalue weighted by Crippen LogP contribution is 2.29. The maximum absolute atomic E-state index is 12.7. The van der Waals surface area contributed by atoms with Crippen LogP contribution >= 0.6 is 11.3 Å². The first-order chi connectivity index (χ1) is 12.7. The van der Waals surface area contributed by atoms with Crippen LogP contribution < -0.4 is 5.56 Å². The molecule has 0 fully saturated rings. The first kappa shape index (κ1) is 19.5. The van der Waals surface area contributed by atoms with Crippen LogP contribution in [0.15, 0.2) is 4.79 Å². The van der Waals surface area contributed by atoms with Crippen LogP contribution in [-0.4, -0.2) is 45.0 Å². The summed E-state index contributed by atoms with van der Waals surface area (Å²) in [5.74, 6) is -0.0430. The number of amides is 1. The Morgan fingerprint density at radius 1 is 1.26 bits per heavy atom. The summed E-state index contributed by atoms with van der Waals surface area (Å²) in [5, 5.41) is 0.481. The predicted molar refractivity (Wildman–Crippen MR) is 104 cm³/mol. The highest BCUT2D eigenvalue weighted by atomic mass is 32.1. The normalized spacial score (nSPS) is 13.4. The zero-order valence-electron chi connectivity index (χ0n) is 16.4.